The van der Waals surface area contributed by atoms with Crippen molar-refractivity contribution in [1.82, 2.24) is 0 Å². The summed E-state index contributed by atoms with van der Waals surface area (Å²) in [4.78, 5) is 11.1. The van der Waals surface area contributed by atoms with Crippen LogP contribution in [0.3, 0.4) is 0 Å². The van der Waals surface area contributed by atoms with E-state index in [9.17, 15) is 4.79 Å². The van der Waals surface area contributed by atoms with Crippen LogP contribution in [0.4, 0.5) is 0 Å². The van der Waals surface area contributed by atoms with Crippen LogP contribution in [0.1, 0.15) is 35.2 Å². The molecule has 1 saturated carbocycles. The Hall–Kier alpha value is -1.77. The highest BCUT2D eigenvalue weighted by atomic mass is 16.5. The summed E-state index contributed by atoms with van der Waals surface area (Å²) >= 11 is 0. The molecular weight excluding hydrogens is 216 g/mol. The van der Waals surface area contributed by atoms with Crippen molar-refractivity contribution in [2.45, 2.75) is 19.3 Å². The highest BCUT2D eigenvalue weighted by molar-refractivity contribution is 5.84. The summed E-state index contributed by atoms with van der Waals surface area (Å²) in [5, 5.41) is 0. The van der Waals surface area contributed by atoms with E-state index in [1.54, 1.807) is 20.3 Å². The van der Waals surface area contributed by atoms with Gasteiger partial charge in [0, 0.05) is 5.56 Å². The lowest BCUT2D eigenvalue weighted by atomic mass is 9.90. The van der Waals surface area contributed by atoms with Gasteiger partial charge in [-0.3, -0.25) is 4.79 Å². The lowest BCUT2D eigenvalue weighted by Gasteiger charge is -2.17. The fourth-order valence-electron chi connectivity index (χ4n) is 1.88. The molecule has 1 aliphatic rings. The smallest absolute Gasteiger partial charge is 0.161 e. The summed E-state index contributed by atoms with van der Waals surface area (Å²) < 4.78 is 10.4. The average molecular weight is 232 g/mol. The fourth-order valence-corrected chi connectivity index (χ4v) is 1.88. The Balaban J connectivity index is 2.45. The predicted octanol–water partition coefficient (Wildman–Crippen LogP) is 3.08. The van der Waals surface area contributed by atoms with Crippen molar-refractivity contribution in [2.75, 3.05) is 14.2 Å². The molecule has 0 atom stereocenters. The molecule has 0 heterocycles. The standard InChI is InChI=1S/C14H16O3/c1-16-13-7-11(6-10-4-3-5-10)12(9-15)8-14(13)17-2/h6-9H,3-5H2,1-2H3. The van der Waals surface area contributed by atoms with Crippen LogP contribution in [-0.4, -0.2) is 20.5 Å². The van der Waals surface area contributed by atoms with E-state index in [0.717, 1.165) is 24.7 Å². The van der Waals surface area contributed by atoms with Gasteiger partial charge in [-0.25, -0.2) is 0 Å². The minimum atomic E-state index is 0.588. The topological polar surface area (TPSA) is 35.5 Å². The monoisotopic (exact) mass is 232 g/mol. The first kappa shape index (κ1) is 11.7. The van der Waals surface area contributed by atoms with Crippen LogP contribution in [-0.2, 0) is 0 Å². The van der Waals surface area contributed by atoms with Gasteiger partial charge < -0.3 is 9.47 Å². The van der Waals surface area contributed by atoms with E-state index in [1.165, 1.54) is 12.0 Å². The lowest BCUT2D eigenvalue weighted by Crippen LogP contribution is -1.99. The SMILES string of the molecule is COc1cc(C=O)c(C=C2CCC2)cc1OC. The second-order valence-corrected chi connectivity index (χ2v) is 4.11. The van der Waals surface area contributed by atoms with Crippen molar-refractivity contribution in [3.05, 3.63) is 28.8 Å². The molecule has 0 spiro atoms. The number of hydrogen-bond donors (Lipinski definition) is 0. The van der Waals surface area contributed by atoms with Crippen molar-refractivity contribution in [1.29, 1.82) is 0 Å². The van der Waals surface area contributed by atoms with Crippen LogP contribution in [0.25, 0.3) is 6.08 Å². The molecule has 0 bridgehead atoms. The zero-order valence-corrected chi connectivity index (χ0v) is 10.2. The molecule has 1 aromatic rings. The summed E-state index contributed by atoms with van der Waals surface area (Å²) in [6.45, 7) is 0. The van der Waals surface area contributed by atoms with Crippen LogP contribution in [0.2, 0.25) is 0 Å². The minimum absolute atomic E-state index is 0.588. The van der Waals surface area contributed by atoms with E-state index in [-0.39, 0.29) is 0 Å². The zero-order chi connectivity index (χ0) is 12.3. The van der Waals surface area contributed by atoms with Gasteiger partial charge in [0.2, 0.25) is 0 Å². The summed E-state index contributed by atoms with van der Waals surface area (Å²) in [6.07, 6.45) is 6.44. The number of rotatable bonds is 4. The van der Waals surface area contributed by atoms with Crippen LogP contribution in [0.15, 0.2) is 17.7 Å². The second-order valence-electron chi connectivity index (χ2n) is 4.11. The Morgan fingerprint density at radius 2 is 1.65 bits per heavy atom. The number of hydrogen-bond acceptors (Lipinski definition) is 3. The normalized spacial score (nSPS) is 13.9. The first-order valence-corrected chi connectivity index (χ1v) is 5.69. The maximum Gasteiger partial charge on any atom is 0.161 e. The number of ether oxygens (including phenoxy) is 2. The quantitative estimate of drug-likeness (QED) is 0.748. The van der Waals surface area contributed by atoms with Gasteiger partial charge in [-0.1, -0.05) is 11.6 Å². The molecule has 90 valence electrons. The molecule has 3 heteroatoms. The molecule has 3 nitrogen and oxygen atoms in total. The Labute approximate surface area is 101 Å². The number of methoxy groups -OCH3 is 2. The predicted molar refractivity (Wildman–Crippen MR) is 66.8 cm³/mol. The van der Waals surface area contributed by atoms with Gasteiger partial charge in [0.15, 0.2) is 17.8 Å². The van der Waals surface area contributed by atoms with E-state index in [4.69, 9.17) is 9.47 Å². The number of allylic oxidation sites excluding steroid dienone is 1. The Morgan fingerprint density at radius 3 is 2.06 bits per heavy atom. The molecular formula is C14H16O3. The van der Waals surface area contributed by atoms with Gasteiger partial charge in [-0.05, 0) is 37.0 Å². The number of carbonyl (C=O) groups is 1. The van der Waals surface area contributed by atoms with Crippen molar-refractivity contribution < 1.29 is 14.3 Å². The molecule has 0 amide bonds. The van der Waals surface area contributed by atoms with Gasteiger partial charge in [-0.2, -0.15) is 0 Å². The van der Waals surface area contributed by atoms with Crippen LogP contribution in [0, 0.1) is 0 Å². The zero-order valence-electron chi connectivity index (χ0n) is 10.2. The minimum Gasteiger partial charge on any atom is -0.493 e. The van der Waals surface area contributed by atoms with Gasteiger partial charge in [-0.15, -0.1) is 0 Å². The van der Waals surface area contributed by atoms with Gasteiger partial charge in [0.05, 0.1) is 14.2 Å². The maximum absolute atomic E-state index is 11.1. The van der Waals surface area contributed by atoms with E-state index in [0.29, 0.717) is 17.1 Å². The third kappa shape index (κ3) is 2.33. The Kier molecular flexibility index (Phi) is 3.47. The molecule has 0 aromatic heterocycles. The average Bonchev–Trinajstić information content (AvgIpc) is 2.32. The van der Waals surface area contributed by atoms with Crippen molar-refractivity contribution in [3.8, 4) is 11.5 Å². The van der Waals surface area contributed by atoms with Gasteiger partial charge in [0.1, 0.15) is 0 Å². The molecule has 0 radical (unpaired) electrons. The maximum atomic E-state index is 11.1. The molecule has 1 aliphatic carbocycles. The first-order chi connectivity index (χ1) is 8.28. The summed E-state index contributed by atoms with van der Waals surface area (Å²) in [5.41, 5.74) is 2.94. The molecule has 0 N–H and O–H groups in total. The second kappa shape index (κ2) is 5.04. The van der Waals surface area contributed by atoms with E-state index in [1.807, 2.05) is 6.07 Å². The highest BCUT2D eigenvalue weighted by Gasteiger charge is 2.12. The molecule has 1 aromatic carbocycles. The van der Waals surface area contributed by atoms with Crippen molar-refractivity contribution >= 4 is 12.4 Å². The van der Waals surface area contributed by atoms with Crippen LogP contribution < -0.4 is 9.47 Å². The third-order valence-electron chi connectivity index (χ3n) is 3.07. The molecule has 17 heavy (non-hydrogen) atoms. The molecule has 0 unspecified atom stereocenters. The third-order valence-corrected chi connectivity index (χ3v) is 3.07. The lowest BCUT2D eigenvalue weighted by molar-refractivity contribution is 0.112. The molecule has 2 rings (SSSR count). The van der Waals surface area contributed by atoms with Crippen LogP contribution in [0.5, 0.6) is 11.5 Å². The molecule has 0 saturated heterocycles. The number of carbonyl (C=O) groups excluding carboxylic acids is 1. The van der Waals surface area contributed by atoms with Crippen molar-refractivity contribution in [2.24, 2.45) is 0 Å². The largest absolute Gasteiger partial charge is 0.493 e. The fraction of sp³-hybridized carbons (Fsp3) is 0.357. The van der Waals surface area contributed by atoms with Crippen LogP contribution >= 0.6 is 0 Å². The Bertz CT molecular complexity index is 455. The summed E-state index contributed by atoms with van der Waals surface area (Å²) in [7, 11) is 3.16. The highest BCUT2D eigenvalue weighted by Crippen LogP contribution is 2.33. The van der Waals surface area contributed by atoms with Gasteiger partial charge in [0.25, 0.3) is 0 Å². The molecule has 0 aliphatic heterocycles. The number of aldehydes is 1. The molecule has 1 fully saturated rings. The summed E-state index contributed by atoms with van der Waals surface area (Å²) in [5.74, 6) is 1.25. The van der Waals surface area contributed by atoms with E-state index < -0.39 is 0 Å². The first-order valence-electron chi connectivity index (χ1n) is 5.69. The number of benzene rings is 1. The van der Waals surface area contributed by atoms with E-state index >= 15 is 0 Å². The Morgan fingerprint density at radius 1 is 1.06 bits per heavy atom. The van der Waals surface area contributed by atoms with Gasteiger partial charge >= 0.3 is 0 Å². The van der Waals surface area contributed by atoms with E-state index in [2.05, 4.69) is 6.08 Å². The summed E-state index contributed by atoms with van der Waals surface area (Å²) in [6, 6.07) is 3.57. The van der Waals surface area contributed by atoms with Crippen molar-refractivity contribution in [3.63, 3.8) is 0 Å².